The number of anilines is 2. The van der Waals surface area contributed by atoms with Crippen molar-refractivity contribution < 1.29 is 9.53 Å². The largest absolute Gasteiger partial charge is 0.495 e. The molecule has 0 aliphatic carbocycles. The summed E-state index contributed by atoms with van der Waals surface area (Å²) in [4.78, 5) is 14.6. The Balaban J connectivity index is 1.78. The second kappa shape index (κ2) is 7.26. The number of para-hydroxylation sites is 2. The van der Waals surface area contributed by atoms with Crippen LogP contribution in [0.2, 0.25) is 0 Å². The van der Waals surface area contributed by atoms with Gasteiger partial charge in [-0.05, 0) is 42.0 Å². The minimum absolute atomic E-state index is 0.0832. The normalized spacial score (nSPS) is 11.8. The third kappa shape index (κ3) is 3.58. The Morgan fingerprint density at radius 2 is 1.68 bits per heavy atom. The SMILES string of the molecule is COc1ccccc1NC(=O)[C@@H](C)N(C)c1ccc2ccccc2c1. The van der Waals surface area contributed by atoms with Crippen molar-refractivity contribution in [3.8, 4) is 5.75 Å². The summed E-state index contributed by atoms with van der Waals surface area (Å²) in [5.41, 5.74) is 1.68. The number of likely N-dealkylation sites (N-methyl/N-ethyl adjacent to an activating group) is 1. The van der Waals surface area contributed by atoms with Gasteiger partial charge in [0.2, 0.25) is 5.91 Å². The molecule has 0 radical (unpaired) electrons. The number of hydrogen-bond acceptors (Lipinski definition) is 3. The van der Waals surface area contributed by atoms with Gasteiger partial charge in [-0.25, -0.2) is 0 Å². The Bertz CT molecular complexity index is 892. The number of carbonyl (C=O) groups excluding carboxylic acids is 1. The second-order valence-corrected chi connectivity index (χ2v) is 6.01. The third-order valence-corrected chi connectivity index (χ3v) is 4.47. The number of rotatable bonds is 5. The van der Waals surface area contributed by atoms with E-state index in [4.69, 9.17) is 4.74 Å². The van der Waals surface area contributed by atoms with Crippen LogP contribution in [0.3, 0.4) is 0 Å². The summed E-state index contributed by atoms with van der Waals surface area (Å²) in [6.45, 7) is 1.89. The van der Waals surface area contributed by atoms with E-state index >= 15 is 0 Å². The van der Waals surface area contributed by atoms with Crippen LogP contribution in [0, 0.1) is 0 Å². The highest BCUT2D eigenvalue weighted by Crippen LogP contribution is 2.25. The van der Waals surface area contributed by atoms with Crippen LogP contribution in [-0.2, 0) is 4.79 Å². The van der Waals surface area contributed by atoms with Crippen molar-refractivity contribution in [1.82, 2.24) is 0 Å². The lowest BCUT2D eigenvalue weighted by atomic mass is 10.1. The lowest BCUT2D eigenvalue weighted by Gasteiger charge is -2.26. The first-order valence-electron chi connectivity index (χ1n) is 8.25. The van der Waals surface area contributed by atoms with E-state index in [2.05, 4.69) is 29.6 Å². The molecule has 4 heteroatoms. The number of nitrogens with one attached hydrogen (secondary N) is 1. The number of ether oxygens (including phenoxy) is 1. The molecule has 0 saturated heterocycles. The van der Waals surface area contributed by atoms with E-state index in [0.29, 0.717) is 11.4 Å². The average Bonchev–Trinajstić information content (AvgIpc) is 2.66. The minimum atomic E-state index is -0.328. The molecule has 1 amide bonds. The molecule has 0 bridgehead atoms. The topological polar surface area (TPSA) is 41.6 Å². The van der Waals surface area contributed by atoms with Crippen molar-refractivity contribution in [2.75, 3.05) is 24.4 Å². The zero-order chi connectivity index (χ0) is 17.8. The molecule has 1 N–H and O–H groups in total. The first-order chi connectivity index (χ1) is 12.1. The van der Waals surface area contributed by atoms with E-state index in [1.165, 1.54) is 5.39 Å². The fraction of sp³-hybridized carbons (Fsp3) is 0.190. The Hall–Kier alpha value is -3.01. The molecule has 0 aliphatic rings. The zero-order valence-electron chi connectivity index (χ0n) is 14.7. The van der Waals surface area contributed by atoms with Crippen LogP contribution in [0.15, 0.2) is 66.7 Å². The molecule has 25 heavy (non-hydrogen) atoms. The van der Waals surface area contributed by atoms with Gasteiger partial charge in [-0.3, -0.25) is 4.79 Å². The molecule has 128 valence electrons. The predicted molar refractivity (Wildman–Crippen MR) is 103 cm³/mol. The molecule has 0 aliphatic heterocycles. The highest BCUT2D eigenvalue weighted by atomic mass is 16.5. The van der Waals surface area contributed by atoms with E-state index < -0.39 is 0 Å². The quantitative estimate of drug-likeness (QED) is 0.756. The molecule has 0 saturated carbocycles. The maximum Gasteiger partial charge on any atom is 0.246 e. The molecule has 0 heterocycles. The summed E-state index contributed by atoms with van der Waals surface area (Å²) in [6.07, 6.45) is 0. The smallest absolute Gasteiger partial charge is 0.246 e. The van der Waals surface area contributed by atoms with E-state index in [1.807, 2.05) is 61.3 Å². The Kier molecular flexibility index (Phi) is 4.89. The summed E-state index contributed by atoms with van der Waals surface area (Å²) >= 11 is 0. The third-order valence-electron chi connectivity index (χ3n) is 4.47. The maximum atomic E-state index is 12.7. The first kappa shape index (κ1) is 16.8. The second-order valence-electron chi connectivity index (χ2n) is 6.01. The summed E-state index contributed by atoms with van der Waals surface area (Å²) in [5.74, 6) is 0.566. The highest BCUT2D eigenvalue weighted by Gasteiger charge is 2.19. The fourth-order valence-electron chi connectivity index (χ4n) is 2.78. The number of methoxy groups -OCH3 is 1. The average molecular weight is 334 g/mol. The van der Waals surface area contributed by atoms with Crippen LogP contribution in [0.5, 0.6) is 5.75 Å². The minimum Gasteiger partial charge on any atom is -0.495 e. The Morgan fingerprint density at radius 3 is 2.44 bits per heavy atom. The maximum absolute atomic E-state index is 12.7. The molecule has 3 aromatic carbocycles. The Labute approximate surface area is 148 Å². The monoisotopic (exact) mass is 334 g/mol. The molecule has 0 aromatic heterocycles. The van der Waals surface area contributed by atoms with Crippen molar-refractivity contribution in [3.05, 3.63) is 66.7 Å². The van der Waals surface area contributed by atoms with Gasteiger partial charge in [0.05, 0.1) is 12.8 Å². The van der Waals surface area contributed by atoms with Gasteiger partial charge in [0.15, 0.2) is 0 Å². The molecule has 0 unspecified atom stereocenters. The van der Waals surface area contributed by atoms with Crippen LogP contribution in [-0.4, -0.2) is 26.1 Å². The standard InChI is InChI=1S/C21H22N2O2/c1-15(21(24)22-19-10-6-7-11-20(19)25-3)23(2)18-13-12-16-8-4-5-9-17(16)14-18/h4-15H,1-3H3,(H,22,24)/t15-/m1/s1. The lowest BCUT2D eigenvalue weighted by molar-refractivity contribution is -0.117. The summed E-state index contributed by atoms with van der Waals surface area (Å²) in [5, 5.41) is 5.29. The van der Waals surface area contributed by atoms with Crippen molar-refractivity contribution in [3.63, 3.8) is 0 Å². The van der Waals surface area contributed by atoms with Gasteiger partial charge < -0.3 is 15.0 Å². The molecular formula is C21H22N2O2. The number of carbonyl (C=O) groups is 1. The molecular weight excluding hydrogens is 312 g/mol. The van der Waals surface area contributed by atoms with E-state index in [1.54, 1.807) is 7.11 Å². The number of hydrogen-bond donors (Lipinski definition) is 1. The molecule has 0 spiro atoms. The van der Waals surface area contributed by atoms with Crippen molar-refractivity contribution in [2.45, 2.75) is 13.0 Å². The predicted octanol–water partition coefficient (Wildman–Crippen LogP) is 4.31. The number of amides is 1. The highest BCUT2D eigenvalue weighted by molar-refractivity contribution is 5.98. The number of benzene rings is 3. The van der Waals surface area contributed by atoms with E-state index in [-0.39, 0.29) is 11.9 Å². The molecule has 0 fully saturated rings. The van der Waals surface area contributed by atoms with Gasteiger partial charge in [-0.1, -0.05) is 42.5 Å². The van der Waals surface area contributed by atoms with Gasteiger partial charge in [0, 0.05) is 12.7 Å². The summed E-state index contributed by atoms with van der Waals surface area (Å²) in [6, 6.07) is 21.5. The van der Waals surface area contributed by atoms with Crippen LogP contribution in [0.4, 0.5) is 11.4 Å². The van der Waals surface area contributed by atoms with E-state index in [0.717, 1.165) is 11.1 Å². The molecule has 1 atom stereocenters. The van der Waals surface area contributed by atoms with Gasteiger partial charge in [0.25, 0.3) is 0 Å². The van der Waals surface area contributed by atoms with Crippen LogP contribution in [0.1, 0.15) is 6.92 Å². The van der Waals surface area contributed by atoms with Crippen molar-refractivity contribution in [2.24, 2.45) is 0 Å². The van der Waals surface area contributed by atoms with E-state index in [9.17, 15) is 4.79 Å². The summed E-state index contributed by atoms with van der Waals surface area (Å²) < 4.78 is 5.29. The van der Waals surface area contributed by atoms with Gasteiger partial charge >= 0.3 is 0 Å². The molecule has 3 aromatic rings. The van der Waals surface area contributed by atoms with Crippen LogP contribution < -0.4 is 15.0 Å². The van der Waals surface area contributed by atoms with Gasteiger partial charge in [-0.2, -0.15) is 0 Å². The summed E-state index contributed by atoms with van der Waals surface area (Å²) in [7, 11) is 3.52. The molecule has 3 rings (SSSR count). The van der Waals surface area contributed by atoms with Crippen LogP contribution >= 0.6 is 0 Å². The zero-order valence-corrected chi connectivity index (χ0v) is 14.7. The van der Waals surface area contributed by atoms with Crippen molar-refractivity contribution in [1.29, 1.82) is 0 Å². The first-order valence-corrected chi connectivity index (χ1v) is 8.25. The number of fused-ring (bicyclic) bond motifs is 1. The molecule has 4 nitrogen and oxygen atoms in total. The van der Waals surface area contributed by atoms with Crippen molar-refractivity contribution >= 4 is 28.1 Å². The fourth-order valence-corrected chi connectivity index (χ4v) is 2.78. The van der Waals surface area contributed by atoms with Crippen LogP contribution in [0.25, 0.3) is 10.8 Å². The van der Waals surface area contributed by atoms with Gasteiger partial charge in [-0.15, -0.1) is 0 Å². The lowest BCUT2D eigenvalue weighted by Crippen LogP contribution is -2.39. The van der Waals surface area contributed by atoms with Gasteiger partial charge in [0.1, 0.15) is 11.8 Å². The number of nitrogens with zero attached hydrogens (tertiary/aromatic N) is 1. The Morgan fingerprint density at radius 1 is 1.00 bits per heavy atom.